The summed E-state index contributed by atoms with van der Waals surface area (Å²) in [5.74, 6) is 1.93. The van der Waals surface area contributed by atoms with Gasteiger partial charge in [0.2, 0.25) is 0 Å². The van der Waals surface area contributed by atoms with E-state index in [1.54, 1.807) is 0 Å². The van der Waals surface area contributed by atoms with Gasteiger partial charge in [-0.2, -0.15) is 0 Å². The van der Waals surface area contributed by atoms with E-state index in [9.17, 15) is 0 Å². The highest BCUT2D eigenvalue weighted by Crippen LogP contribution is 2.39. The van der Waals surface area contributed by atoms with Crippen molar-refractivity contribution in [1.29, 1.82) is 0 Å². The predicted octanol–water partition coefficient (Wildman–Crippen LogP) is 14.6. The van der Waals surface area contributed by atoms with Crippen molar-refractivity contribution in [3.05, 3.63) is 241 Å². The molecule has 0 amide bonds. The Labute approximate surface area is 367 Å². The molecule has 0 saturated heterocycles. The minimum atomic E-state index is 0.634. The average molecular weight is 810 g/mol. The summed E-state index contributed by atoms with van der Waals surface area (Å²) < 4.78 is 2.42. The Hall–Kier alpha value is -8.15. The summed E-state index contributed by atoms with van der Waals surface area (Å²) in [6, 6.07) is 64.0. The molecule has 11 rings (SSSR count). The molecule has 0 unspecified atom stereocenters. The molecule has 5 heteroatoms. The quantitative estimate of drug-likeness (QED) is 0.161. The molecule has 1 aliphatic carbocycles. The first-order valence-corrected chi connectivity index (χ1v) is 21.6. The molecule has 2 aliphatic rings. The van der Waals surface area contributed by atoms with Crippen LogP contribution in [-0.4, -0.2) is 19.5 Å². The van der Waals surface area contributed by atoms with Gasteiger partial charge >= 0.3 is 0 Å². The summed E-state index contributed by atoms with van der Waals surface area (Å²) in [7, 11) is 0. The van der Waals surface area contributed by atoms with Gasteiger partial charge in [0, 0.05) is 50.2 Å². The van der Waals surface area contributed by atoms with Gasteiger partial charge in [0.15, 0.2) is 17.5 Å². The van der Waals surface area contributed by atoms with Gasteiger partial charge in [-0.3, -0.25) is 0 Å². The van der Waals surface area contributed by atoms with Crippen LogP contribution < -0.4 is 4.90 Å². The molecule has 300 valence electrons. The lowest BCUT2D eigenvalue weighted by Gasteiger charge is -2.30. The molecule has 0 saturated carbocycles. The lowest BCUT2D eigenvalue weighted by Crippen LogP contribution is -2.22. The largest absolute Gasteiger partial charge is 0.311 e. The zero-order chi connectivity index (χ0) is 42.1. The number of hydrogen-bond acceptors (Lipinski definition) is 4. The topological polar surface area (TPSA) is 46.8 Å². The van der Waals surface area contributed by atoms with Crippen molar-refractivity contribution < 1.29 is 0 Å². The molecule has 7 aromatic carbocycles. The standard InChI is InChI=1S/C58H43N5/c1-40-18-15-24-43(36-47-23-11-13-32-53(47)62(40)49-28-9-4-10-29-49)45-26-17-30-50(38-45)63-54-33-14-12-31-51(54)52-35-34-46(39-55(52)63)44-25-16-27-48(37-44)58-60-56(41-19-5-2-6-20-41)59-57(61-58)42-21-7-3-8-22-42/h2-10,12-22,24-35,37-39H,1,11,23,36H2/b18-15-,43-24+. The first-order chi connectivity index (χ1) is 31.1. The van der Waals surface area contributed by atoms with Crippen LogP contribution in [0.2, 0.25) is 0 Å². The van der Waals surface area contributed by atoms with Gasteiger partial charge in [-0.15, -0.1) is 0 Å². The van der Waals surface area contributed by atoms with Gasteiger partial charge in [-0.1, -0.05) is 164 Å². The second-order valence-corrected chi connectivity index (χ2v) is 16.1. The van der Waals surface area contributed by atoms with Crippen LogP contribution in [0.5, 0.6) is 0 Å². The van der Waals surface area contributed by atoms with E-state index in [2.05, 4.69) is 168 Å². The fraction of sp³-hybridized carbons (Fsp3) is 0.0517. The van der Waals surface area contributed by atoms with Gasteiger partial charge in [0.25, 0.3) is 0 Å². The summed E-state index contributed by atoms with van der Waals surface area (Å²) in [6.07, 6.45) is 14.0. The first-order valence-electron chi connectivity index (χ1n) is 21.6. The Morgan fingerprint density at radius 3 is 1.81 bits per heavy atom. The van der Waals surface area contributed by atoms with Crippen LogP contribution in [0.3, 0.4) is 0 Å². The van der Waals surface area contributed by atoms with E-state index in [1.807, 2.05) is 60.7 Å². The average Bonchev–Trinajstić information content (AvgIpc) is 3.71. The number of benzene rings is 7. The molecule has 3 heterocycles. The van der Waals surface area contributed by atoms with Crippen LogP contribution >= 0.6 is 0 Å². The van der Waals surface area contributed by atoms with Gasteiger partial charge in [-0.25, -0.2) is 15.0 Å². The number of allylic oxidation sites excluding steroid dienone is 7. The Balaban J connectivity index is 0.998. The molecule has 63 heavy (non-hydrogen) atoms. The van der Waals surface area contributed by atoms with Crippen molar-refractivity contribution in [2.75, 3.05) is 4.90 Å². The molecule has 9 aromatic rings. The lowest BCUT2D eigenvalue weighted by molar-refractivity contribution is 0.889. The van der Waals surface area contributed by atoms with Gasteiger partial charge < -0.3 is 9.47 Å². The summed E-state index contributed by atoms with van der Waals surface area (Å²) in [4.78, 5) is 17.3. The summed E-state index contributed by atoms with van der Waals surface area (Å²) >= 11 is 0. The number of anilines is 1. The number of aromatic nitrogens is 4. The molecule has 1 aliphatic heterocycles. The normalized spacial score (nSPS) is 15.4. The van der Waals surface area contributed by atoms with Crippen LogP contribution in [-0.2, 0) is 0 Å². The van der Waals surface area contributed by atoms with E-state index in [0.717, 1.165) is 69.7 Å². The number of nitrogens with zero attached hydrogens (tertiary/aromatic N) is 5. The van der Waals surface area contributed by atoms with Crippen LogP contribution in [0, 0.1) is 0 Å². The zero-order valence-electron chi connectivity index (χ0n) is 34.8. The third-order valence-electron chi connectivity index (χ3n) is 12.1. The van der Waals surface area contributed by atoms with Crippen LogP contribution in [0.4, 0.5) is 5.69 Å². The predicted molar refractivity (Wildman–Crippen MR) is 261 cm³/mol. The van der Waals surface area contributed by atoms with Crippen molar-refractivity contribution >= 4 is 33.1 Å². The molecular weight excluding hydrogens is 767 g/mol. The van der Waals surface area contributed by atoms with E-state index in [1.165, 1.54) is 38.7 Å². The smallest absolute Gasteiger partial charge is 0.164 e. The molecule has 2 aromatic heterocycles. The lowest BCUT2D eigenvalue weighted by atomic mass is 9.91. The number of para-hydroxylation sites is 2. The molecule has 0 bridgehead atoms. The highest BCUT2D eigenvalue weighted by atomic mass is 15.2. The molecule has 0 radical (unpaired) electrons. The fourth-order valence-electron chi connectivity index (χ4n) is 9.03. The molecule has 5 nitrogen and oxygen atoms in total. The van der Waals surface area contributed by atoms with E-state index in [-0.39, 0.29) is 0 Å². The van der Waals surface area contributed by atoms with E-state index < -0.39 is 0 Å². The Morgan fingerprint density at radius 2 is 1.05 bits per heavy atom. The zero-order valence-corrected chi connectivity index (χ0v) is 34.8. The Bertz CT molecular complexity index is 3260. The van der Waals surface area contributed by atoms with Crippen molar-refractivity contribution in [1.82, 2.24) is 19.5 Å². The molecule has 0 atom stereocenters. The fourth-order valence-corrected chi connectivity index (χ4v) is 9.03. The third kappa shape index (κ3) is 7.30. The molecule has 0 fully saturated rings. The SMILES string of the molecule is C=C1/C=C\C=C(\c2cccc(-n3c4ccccc4c4ccc(-c5cccc(-c6nc(-c7ccccc7)nc(-c7ccccc7)n6)c5)cc43)c2)CC2=C(C=CCC2)N1c1ccccc1. The Kier molecular flexibility index (Phi) is 9.83. The van der Waals surface area contributed by atoms with E-state index >= 15 is 0 Å². The van der Waals surface area contributed by atoms with Crippen molar-refractivity contribution in [2.24, 2.45) is 0 Å². The maximum Gasteiger partial charge on any atom is 0.164 e. The summed E-state index contributed by atoms with van der Waals surface area (Å²) in [6.45, 7) is 4.52. The summed E-state index contributed by atoms with van der Waals surface area (Å²) in [5, 5.41) is 2.43. The summed E-state index contributed by atoms with van der Waals surface area (Å²) in [5.41, 5.74) is 15.6. The van der Waals surface area contributed by atoms with E-state index in [0.29, 0.717) is 17.5 Å². The monoisotopic (exact) mass is 809 g/mol. The number of fused-ring (bicyclic) bond motifs is 3. The van der Waals surface area contributed by atoms with Crippen LogP contribution in [0.1, 0.15) is 24.8 Å². The van der Waals surface area contributed by atoms with Crippen molar-refractivity contribution in [2.45, 2.75) is 19.3 Å². The van der Waals surface area contributed by atoms with Crippen LogP contribution in [0.25, 0.3) is 78.4 Å². The van der Waals surface area contributed by atoms with Crippen molar-refractivity contribution in [3.63, 3.8) is 0 Å². The Morgan fingerprint density at radius 1 is 0.460 bits per heavy atom. The van der Waals surface area contributed by atoms with Gasteiger partial charge in [0.05, 0.1) is 11.0 Å². The van der Waals surface area contributed by atoms with Crippen LogP contribution in [0.15, 0.2) is 236 Å². The second kappa shape index (κ2) is 16.4. The molecule has 0 N–H and O–H groups in total. The second-order valence-electron chi connectivity index (χ2n) is 16.1. The maximum absolute atomic E-state index is 5.03. The first kappa shape index (κ1) is 37.8. The highest BCUT2D eigenvalue weighted by Gasteiger charge is 2.22. The van der Waals surface area contributed by atoms with Crippen molar-refractivity contribution in [3.8, 4) is 51.0 Å². The highest BCUT2D eigenvalue weighted by molar-refractivity contribution is 6.10. The van der Waals surface area contributed by atoms with Gasteiger partial charge in [0.1, 0.15) is 0 Å². The van der Waals surface area contributed by atoms with E-state index in [4.69, 9.17) is 15.0 Å². The van der Waals surface area contributed by atoms with Gasteiger partial charge in [-0.05, 0) is 102 Å². The maximum atomic E-state index is 5.03. The minimum Gasteiger partial charge on any atom is -0.311 e. The molecular formula is C58H43N5. The number of rotatable bonds is 7. The molecule has 0 spiro atoms. The third-order valence-corrected chi connectivity index (χ3v) is 12.1. The minimum absolute atomic E-state index is 0.634. The number of hydrogen-bond donors (Lipinski definition) is 0.